The number of aromatic nitrogens is 1. The summed E-state index contributed by atoms with van der Waals surface area (Å²) in [6.07, 6.45) is 3.71. The molecule has 26 heavy (non-hydrogen) atoms. The molecule has 1 saturated heterocycles. The van der Waals surface area contributed by atoms with E-state index in [1.807, 2.05) is 12.1 Å². The number of anilines is 1. The summed E-state index contributed by atoms with van der Waals surface area (Å²) in [6.45, 7) is 3.71. The van der Waals surface area contributed by atoms with Crippen molar-refractivity contribution in [1.29, 1.82) is 0 Å². The number of halogens is 1. The standard InChI is InChI=1S/C22H23FN2O/c1-16-5-2-3-14-25(16)21-13-10-18-6-4-7-20(22(18)24-21)26-15-17-8-11-19(23)12-9-17/h4,6-13,16H,2-3,5,14-15H2,1H3. The number of ether oxygens (including phenoxy) is 1. The van der Waals surface area contributed by atoms with Crippen LogP contribution >= 0.6 is 0 Å². The van der Waals surface area contributed by atoms with Gasteiger partial charge in [0.15, 0.2) is 0 Å². The Kier molecular flexibility index (Phi) is 4.74. The maximum Gasteiger partial charge on any atom is 0.146 e. The highest BCUT2D eigenvalue weighted by molar-refractivity contribution is 5.86. The van der Waals surface area contributed by atoms with E-state index in [1.54, 1.807) is 12.1 Å². The van der Waals surface area contributed by atoms with Gasteiger partial charge >= 0.3 is 0 Å². The van der Waals surface area contributed by atoms with E-state index < -0.39 is 0 Å². The van der Waals surface area contributed by atoms with Gasteiger partial charge in [0.2, 0.25) is 0 Å². The number of fused-ring (bicyclic) bond motifs is 1. The Morgan fingerprint density at radius 2 is 1.92 bits per heavy atom. The summed E-state index contributed by atoms with van der Waals surface area (Å²) in [6, 6.07) is 17.1. The van der Waals surface area contributed by atoms with Gasteiger partial charge in [-0.2, -0.15) is 0 Å². The summed E-state index contributed by atoms with van der Waals surface area (Å²) in [5.74, 6) is 1.54. The van der Waals surface area contributed by atoms with Crippen molar-refractivity contribution in [1.82, 2.24) is 4.98 Å². The summed E-state index contributed by atoms with van der Waals surface area (Å²) in [5, 5.41) is 1.06. The molecule has 1 aliphatic rings. The summed E-state index contributed by atoms with van der Waals surface area (Å²) < 4.78 is 19.1. The maximum atomic E-state index is 13.1. The topological polar surface area (TPSA) is 25.4 Å². The summed E-state index contributed by atoms with van der Waals surface area (Å²) in [4.78, 5) is 7.31. The fraction of sp³-hybridized carbons (Fsp3) is 0.318. The SMILES string of the molecule is CC1CCCCN1c1ccc2cccc(OCc3ccc(F)cc3)c2n1. The van der Waals surface area contributed by atoms with Crippen LogP contribution in [0.3, 0.4) is 0 Å². The Labute approximate surface area is 153 Å². The number of piperidine rings is 1. The highest BCUT2D eigenvalue weighted by atomic mass is 19.1. The molecule has 4 rings (SSSR count). The summed E-state index contributed by atoms with van der Waals surface area (Å²) >= 11 is 0. The normalized spacial score (nSPS) is 17.5. The van der Waals surface area contributed by atoms with Crippen LogP contribution in [0.1, 0.15) is 31.7 Å². The molecule has 0 radical (unpaired) electrons. The minimum Gasteiger partial charge on any atom is -0.487 e. The predicted molar refractivity (Wildman–Crippen MR) is 103 cm³/mol. The van der Waals surface area contributed by atoms with Crippen molar-refractivity contribution in [2.75, 3.05) is 11.4 Å². The largest absolute Gasteiger partial charge is 0.487 e. The first-order valence-corrected chi connectivity index (χ1v) is 9.24. The Bertz CT molecular complexity index is 894. The zero-order valence-corrected chi connectivity index (χ0v) is 15.0. The minimum atomic E-state index is -0.235. The lowest BCUT2D eigenvalue weighted by Crippen LogP contribution is -2.37. The second-order valence-corrected chi connectivity index (χ2v) is 6.95. The van der Waals surface area contributed by atoms with Gasteiger partial charge in [0, 0.05) is 18.0 Å². The minimum absolute atomic E-state index is 0.235. The number of pyridine rings is 1. The van der Waals surface area contributed by atoms with Crippen LogP contribution in [0.25, 0.3) is 10.9 Å². The molecule has 1 aliphatic heterocycles. The summed E-state index contributed by atoms with van der Waals surface area (Å²) in [7, 11) is 0. The van der Waals surface area contributed by atoms with Crippen molar-refractivity contribution in [3.8, 4) is 5.75 Å². The third kappa shape index (κ3) is 3.50. The van der Waals surface area contributed by atoms with Crippen LogP contribution in [0.2, 0.25) is 0 Å². The fourth-order valence-corrected chi connectivity index (χ4v) is 3.57. The van der Waals surface area contributed by atoms with E-state index in [4.69, 9.17) is 9.72 Å². The van der Waals surface area contributed by atoms with Crippen molar-refractivity contribution in [3.63, 3.8) is 0 Å². The van der Waals surface area contributed by atoms with Gasteiger partial charge < -0.3 is 9.64 Å². The molecule has 3 nitrogen and oxygen atoms in total. The molecule has 0 aliphatic carbocycles. The van der Waals surface area contributed by atoms with Crippen molar-refractivity contribution in [3.05, 3.63) is 66.0 Å². The number of hydrogen-bond acceptors (Lipinski definition) is 3. The van der Waals surface area contributed by atoms with Gasteiger partial charge in [-0.15, -0.1) is 0 Å². The van der Waals surface area contributed by atoms with Gasteiger partial charge in [-0.3, -0.25) is 0 Å². The average Bonchev–Trinajstić information content (AvgIpc) is 2.67. The number of hydrogen-bond donors (Lipinski definition) is 0. The molecule has 134 valence electrons. The van der Waals surface area contributed by atoms with E-state index in [0.717, 1.165) is 34.6 Å². The number of para-hydroxylation sites is 1. The van der Waals surface area contributed by atoms with Crippen LogP contribution in [-0.4, -0.2) is 17.6 Å². The molecule has 1 aromatic heterocycles. The molecule has 0 bridgehead atoms. The second kappa shape index (κ2) is 7.32. The van der Waals surface area contributed by atoms with E-state index in [9.17, 15) is 4.39 Å². The Balaban J connectivity index is 1.61. The molecular formula is C22H23FN2O. The predicted octanol–water partition coefficient (Wildman–Crippen LogP) is 5.33. The van der Waals surface area contributed by atoms with Crippen LogP contribution < -0.4 is 9.64 Å². The molecule has 0 amide bonds. The van der Waals surface area contributed by atoms with Crippen LogP contribution in [0.5, 0.6) is 5.75 Å². The van der Waals surface area contributed by atoms with Crippen LogP contribution in [0.15, 0.2) is 54.6 Å². The van der Waals surface area contributed by atoms with Gasteiger partial charge in [-0.1, -0.05) is 24.3 Å². The lowest BCUT2D eigenvalue weighted by molar-refractivity contribution is 0.309. The lowest BCUT2D eigenvalue weighted by atomic mass is 10.0. The van der Waals surface area contributed by atoms with Crippen LogP contribution in [0.4, 0.5) is 10.2 Å². The third-order valence-corrected chi connectivity index (χ3v) is 5.07. The van der Waals surface area contributed by atoms with Crippen molar-refractivity contribution in [2.45, 2.75) is 38.8 Å². The Morgan fingerprint density at radius 1 is 1.08 bits per heavy atom. The molecule has 0 spiro atoms. The summed E-state index contributed by atoms with van der Waals surface area (Å²) in [5.41, 5.74) is 1.81. The van der Waals surface area contributed by atoms with Crippen molar-refractivity contribution >= 4 is 16.7 Å². The smallest absolute Gasteiger partial charge is 0.146 e. The van der Waals surface area contributed by atoms with E-state index in [1.165, 1.54) is 31.4 Å². The van der Waals surface area contributed by atoms with Gasteiger partial charge in [-0.05, 0) is 62.1 Å². The first-order valence-electron chi connectivity index (χ1n) is 9.24. The molecule has 2 heterocycles. The first kappa shape index (κ1) is 16.8. The molecule has 2 aromatic carbocycles. The third-order valence-electron chi connectivity index (χ3n) is 5.07. The zero-order valence-electron chi connectivity index (χ0n) is 15.0. The molecule has 0 saturated carbocycles. The van der Waals surface area contributed by atoms with Crippen LogP contribution in [0, 0.1) is 5.82 Å². The van der Waals surface area contributed by atoms with E-state index in [0.29, 0.717) is 12.6 Å². The second-order valence-electron chi connectivity index (χ2n) is 6.95. The number of benzene rings is 2. The van der Waals surface area contributed by atoms with Gasteiger partial charge in [-0.25, -0.2) is 9.37 Å². The molecule has 4 heteroatoms. The first-order chi connectivity index (χ1) is 12.7. The average molecular weight is 350 g/mol. The number of nitrogens with zero attached hydrogens (tertiary/aromatic N) is 2. The van der Waals surface area contributed by atoms with Gasteiger partial charge in [0.1, 0.15) is 29.5 Å². The number of rotatable bonds is 4. The van der Waals surface area contributed by atoms with Gasteiger partial charge in [0.05, 0.1) is 0 Å². The molecule has 3 aromatic rings. The Morgan fingerprint density at radius 3 is 2.73 bits per heavy atom. The van der Waals surface area contributed by atoms with E-state index in [-0.39, 0.29) is 5.82 Å². The van der Waals surface area contributed by atoms with E-state index >= 15 is 0 Å². The van der Waals surface area contributed by atoms with Crippen molar-refractivity contribution in [2.24, 2.45) is 0 Å². The van der Waals surface area contributed by atoms with Crippen molar-refractivity contribution < 1.29 is 9.13 Å². The quantitative estimate of drug-likeness (QED) is 0.636. The lowest BCUT2D eigenvalue weighted by Gasteiger charge is -2.34. The highest BCUT2D eigenvalue weighted by Gasteiger charge is 2.20. The van der Waals surface area contributed by atoms with Crippen LogP contribution in [-0.2, 0) is 6.61 Å². The fourth-order valence-electron chi connectivity index (χ4n) is 3.57. The monoisotopic (exact) mass is 350 g/mol. The molecular weight excluding hydrogens is 327 g/mol. The molecule has 1 atom stereocenters. The molecule has 0 N–H and O–H groups in total. The molecule has 1 fully saturated rings. The highest BCUT2D eigenvalue weighted by Crippen LogP contribution is 2.29. The van der Waals surface area contributed by atoms with Gasteiger partial charge in [0.25, 0.3) is 0 Å². The maximum absolute atomic E-state index is 13.1. The van der Waals surface area contributed by atoms with E-state index in [2.05, 4.69) is 30.0 Å². The zero-order chi connectivity index (χ0) is 17.9. The molecule has 1 unspecified atom stereocenters. The Hall–Kier alpha value is -2.62.